The summed E-state index contributed by atoms with van der Waals surface area (Å²) in [6.45, 7) is 7.72. The van der Waals surface area contributed by atoms with E-state index in [2.05, 4.69) is 24.1 Å². The normalized spacial score (nSPS) is 17.8. The quantitative estimate of drug-likeness (QED) is 0.809. The minimum atomic E-state index is 0.0308. The molecule has 2 rings (SSSR count). The van der Waals surface area contributed by atoms with Gasteiger partial charge in [0.15, 0.2) is 0 Å². The Hall–Kier alpha value is -1.55. The Kier molecular flexibility index (Phi) is 6.90. The number of hydrogen-bond donors (Lipinski definition) is 2. The van der Waals surface area contributed by atoms with E-state index in [0.717, 1.165) is 37.9 Å². The number of nitrogens with zero attached hydrogens (tertiary/aromatic N) is 1. The van der Waals surface area contributed by atoms with Crippen molar-refractivity contribution in [2.24, 2.45) is 5.92 Å². The molecule has 1 heterocycles. The summed E-state index contributed by atoms with van der Waals surface area (Å²) in [5.41, 5.74) is 1.05. The topological polar surface area (TPSA) is 52.6 Å². The fraction of sp³-hybridized carbons (Fsp3) is 0.632. The third-order valence-electron chi connectivity index (χ3n) is 4.76. The molecule has 1 aromatic rings. The molecule has 1 atom stereocenters. The lowest BCUT2D eigenvalue weighted by Crippen LogP contribution is -2.36. The van der Waals surface area contributed by atoms with Crippen molar-refractivity contribution in [3.05, 3.63) is 29.8 Å². The first-order valence-corrected chi connectivity index (χ1v) is 8.93. The summed E-state index contributed by atoms with van der Waals surface area (Å²) < 4.78 is 0. The van der Waals surface area contributed by atoms with Gasteiger partial charge in [0, 0.05) is 6.42 Å². The van der Waals surface area contributed by atoms with Crippen molar-refractivity contribution in [2.45, 2.75) is 52.0 Å². The minimum Gasteiger partial charge on any atom is -0.508 e. The van der Waals surface area contributed by atoms with E-state index in [1.807, 2.05) is 12.1 Å². The van der Waals surface area contributed by atoms with Gasteiger partial charge >= 0.3 is 0 Å². The van der Waals surface area contributed by atoms with Crippen LogP contribution < -0.4 is 5.32 Å². The maximum atomic E-state index is 12.4. The number of rotatable bonds is 7. The van der Waals surface area contributed by atoms with E-state index in [1.165, 1.54) is 13.0 Å². The van der Waals surface area contributed by atoms with Crippen molar-refractivity contribution in [3.63, 3.8) is 0 Å². The number of piperidine rings is 1. The Morgan fingerprint density at radius 1 is 1.26 bits per heavy atom. The van der Waals surface area contributed by atoms with Gasteiger partial charge in [0.25, 0.3) is 0 Å². The average molecular weight is 318 g/mol. The Morgan fingerprint density at radius 3 is 2.48 bits per heavy atom. The number of phenolic OH excluding ortho intramolecular Hbond substituents is 1. The zero-order valence-electron chi connectivity index (χ0n) is 14.4. The Morgan fingerprint density at radius 2 is 1.91 bits per heavy atom. The van der Waals surface area contributed by atoms with Crippen LogP contribution in [-0.4, -0.2) is 35.5 Å². The Labute approximate surface area is 139 Å². The predicted octanol–water partition coefficient (Wildman–Crippen LogP) is 3.47. The van der Waals surface area contributed by atoms with E-state index < -0.39 is 0 Å². The van der Waals surface area contributed by atoms with Crippen LogP contribution in [0.5, 0.6) is 5.75 Å². The molecular weight excluding hydrogens is 288 g/mol. The molecule has 0 aromatic heterocycles. The molecule has 1 unspecified atom stereocenters. The number of carbonyl (C=O) groups excluding carboxylic acids is 1. The maximum absolute atomic E-state index is 12.4. The highest BCUT2D eigenvalue weighted by atomic mass is 16.3. The monoisotopic (exact) mass is 318 g/mol. The van der Waals surface area contributed by atoms with Crippen LogP contribution in [0.2, 0.25) is 0 Å². The first-order chi connectivity index (χ1) is 11.1. The van der Waals surface area contributed by atoms with E-state index in [-0.39, 0.29) is 17.7 Å². The molecule has 4 nitrogen and oxygen atoms in total. The van der Waals surface area contributed by atoms with Crippen LogP contribution in [0, 0.1) is 5.92 Å². The van der Waals surface area contributed by atoms with Crippen molar-refractivity contribution in [1.82, 2.24) is 10.2 Å². The van der Waals surface area contributed by atoms with Crippen LogP contribution in [0.4, 0.5) is 0 Å². The largest absolute Gasteiger partial charge is 0.508 e. The van der Waals surface area contributed by atoms with Crippen LogP contribution in [0.15, 0.2) is 24.3 Å². The molecule has 23 heavy (non-hydrogen) atoms. The molecule has 0 bridgehead atoms. The van der Waals surface area contributed by atoms with E-state index >= 15 is 0 Å². The van der Waals surface area contributed by atoms with E-state index in [9.17, 15) is 9.90 Å². The second-order valence-corrected chi connectivity index (χ2v) is 6.61. The van der Waals surface area contributed by atoms with Crippen LogP contribution in [0.25, 0.3) is 0 Å². The van der Waals surface area contributed by atoms with Crippen LogP contribution in [0.3, 0.4) is 0 Å². The molecule has 1 aliphatic rings. The SMILES string of the molecule is CCCN1CCC(CC(=O)NC(CC)c2ccc(O)cc2)CC1. The van der Waals surface area contributed by atoms with Gasteiger partial charge in [-0.1, -0.05) is 26.0 Å². The van der Waals surface area contributed by atoms with Crippen LogP contribution in [0.1, 0.15) is 57.6 Å². The lowest BCUT2D eigenvalue weighted by atomic mass is 9.92. The molecule has 0 saturated carbocycles. The molecule has 1 aromatic carbocycles. The molecule has 1 saturated heterocycles. The smallest absolute Gasteiger partial charge is 0.220 e. The molecule has 2 N–H and O–H groups in total. The molecule has 1 fully saturated rings. The third kappa shape index (κ3) is 5.54. The zero-order valence-corrected chi connectivity index (χ0v) is 14.4. The van der Waals surface area contributed by atoms with E-state index in [1.54, 1.807) is 12.1 Å². The number of benzene rings is 1. The van der Waals surface area contributed by atoms with Gasteiger partial charge in [0.1, 0.15) is 5.75 Å². The van der Waals surface area contributed by atoms with Gasteiger partial charge in [-0.15, -0.1) is 0 Å². The molecule has 1 amide bonds. The van der Waals surface area contributed by atoms with Crippen LogP contribution >= 0.6 is 0 Å². The number of likely N-dealkylation sites (tertiary alicyclic amines) is 1. The number of phenols is 1. The van der Waals surface area contributed by atoms with Crippen molar-refractivity contribution in [3.8, 4) is 5.75 Å². The summed E-state index contributed by atoms with van der Waals surface area (Å²) >= 11 is 0. The zero-order chi connectivity index (χ0) is 16.7. The fourth-order valence-corrected chi connectivity index (χ4v) is 3.37. The maximum Gasteiger partial charge on any atom is 0.220 e. The minimum absolute atomic E-state index is 0.0308. The summed E-state index contributed by atoms with van der Waals surface area (Å²) in [7, 11) is 0. The summed E-state index contributed by atoms with van der Waals surface area (Å²) in [6, 6.07) is 7.14. The molecule has 4 heteroatoms. The molecule has 128 valence electrons. The first-order valence-electron chi connectivity index (χ1n) is 8.93. The molecule has 0 radical (unpaired) electrons. The highest BCUT2D eigenvalue weighted by Crippen LogP contribution is 2.23. The third-order valence-corrected chi connectivity index (χ3v) is 4.76. The second kappa shape index (κ2) is 8.92. The number of hydrogen-bond acceptors (Lipinski definition) is 3. The van der Waals surface area contributed by atoms with Gasteiger partial charge in [0.2, 0.25) is 5.91 Å². The Balaban J connectivity index is 1.80. The van der Waals surface area contributed by atoms with E-state index in [0.29, 0.717) is 12.3 Å². The van der Waals surface area contributed by atoms with Gasteiger partial charge in [-0.05, 0) is 68.9 Å². The number of amides is 1. The van der Waals surface area contributed by atoms with Gasteiger partial charge in [0.05, 0.1) is 6.04 Å². The number of aromatic hydroxyl groups is 1. The van der Waals surface area contributed by atoms with Gasteiger partial charge in [-0.25, -0.2) is 0 Å². The number of nitrogens with one attached hydrogen (secondary N) is 1. The lowest BCUT2D eigenvalue weighted by molar-refractivity contribution is -0.123. The van der Waals surface area contributed by atoms with Crippen molar-refractivity contribution >= 4 is 5.91 Å². The highest BCUT2D eigenvalue weighted by Gasteiger charge is 2.22. The average Bonchev–Trinajstić information content (AvgIpc) is 2.56. The highest BCUT2D eigenvalue weighted by molar-refractivity contribution is 5.76. The fourth-order valence-electron chi connectivity index (χ4n) is 3.37. The Bertz CT molecular complexity index is 479. The second-order valence-electron chi connectivity index (χ2n) is 6.61. The predicted molar refractivity (Wildman–Crippen MR) is 93.4 cm³/mol. The van der Waals surface area contributed by atoms with Crippen molar-refractivity contribution < 1.29 is 9.90 Å². The van der Waals surface area contributed by atoms with Crippen molar-refractivity contribution in [1.29, 1.82) is 0 Å². The van der Waals surface area contributed by atoms with Gasteiger partial charge < -0.3 is 15.3 Å². The summed E-state index contributed by atoms with van der Waals surface area (Å²) in [5.74, 6) is 0.924. The summed E-state index contributed by atoms with van der Waals surface area (Å²) in [6.07, 6.45) is 4.95. The standard InChI is InChI=1S/C19H30N2O2/c1-3-11-21-12-9-15(10-13-21)14-19(23)20-18(4-2)16-5-7-17(22)8-6-16/h5-8,15,18,22H,3-4,9-14H2,1-2H3,(H,20,23). The summed E-state index contributed by atoms with van der Waals surface area (Å²) in [4.78, 5) is 14.9. The van der Waals surface area contributed by atoms with Crippen LogP contribution in [-0.2, 0) is 4.79 Å². The van der Waals surface area contributed by atoms with Crippen molar-refractivity contribution in [2.75, 3.05) is 19.6 Å². The first kappa shape index (κ1) is 17.8. The molecule has 0 spiro atoms. The lowest BCUT2D eigenvalue weighted by Gasteiger charge is -2.31. The molecule has 1 aliphatic heterocycles. The molecule has 0 aliphatic carbocycles. The van der Waals surface area contributed by atoms with Gasteiger partial charge in [-0.2, -0.15) is 0 Å². The number of carbonyl (C=O) groups is 1. The molecular formula is C19H30N2O2. The summed E-state index contributed by atoms with van der Waals surface area (Å²) in [5, 5.41) is 12.5. The van der Waals surface area contributed by atoms with Gasteiger partial charge in [-0.3, -0.25) is 4.79 Å². The van der Waals surface area contributed by atoms with E-state index in [4.69, 9.17) is 0 Å².